The van der Waals surface area contributed by atoms with Crippen molar-refractivity contribution in [1.82, 2.24) is 9.97 Å². The largest absolute Gasteiger partial charge is 0.463 e. The van der Waals surface area contributed by atoms with Crippen LogP contribution >= 0.6 is 11.6 Å². The van der Waals surface area contributed by atoms with E-state index in [1.807, 2.05) is 0 Å². The number of halogens is 1. The molecule has 0 aliphatic rings. The Morgan fingerprint density at radius 2 is 2.47 bits per heavy atom. The number of terminal acetylenes is 1. The predicted octanol–water partition coefficient (Wildman–Crippen LogP) is 1.96. The first-order valence-corrected chi connectivity index (χ1v) is 4.98. The van der Waals surface area contributed by atoms with Gasteiger partial charge in [-0.1, -0.05) is 24.4 Å². The smallest absolute Gasteiger partial charge is 0.238 e. The molecule has 0 radical (unpaired) electrons. The molecule has 80 valence electrons. The third kappa shape index (κ3) is 3.64. The Bertz CT molecular complexity index is 362. The summed E-state index contributed by atoms with van der Waals surface area (Å²) in [4.78, 5) is 8.07. The molecule has 4 nitrogen and oxygen atoms in total. The van der Waals surface area contributed by atoms with E-state index in [0.29, 0.717) is 16.9 Å². The molecule has 0 saturated heterocycles. The fraction of sp³-hybridized carbons (Fsp3) is 0.400. The number of nitrogens with one attached hydrogen (secondary N) is 1. The van der Waals surface area contributed by atoms with Crippen LogP contribution < -0.4 is 10.1 Å². The number of anilines is 1. The SMILES string of the molecule is C#CCOc1nc(NCCC)ncc1Cl. The lowest BCUT2D eigenvalue weighted by Gasteiger charge is -2.06. The molecule has 1 rings (SSSR count). The first-order chi connectivity index (χ1) is 7.27. The third-order valence-corrected chi connectivity index (χ3v) is 1.80. The molecule has 0 spiro atoms. The van der Waals surface area contributed by atoms with Gasteiger partial charge in [0.15, 0.2) is 6.61 Å². The zero-order chi connectivity index (χ0) is 11.1. The Hall–Kier alpha value is -1.47. The van der Waals surface area contributed by atoms with Gasteiger partial charge in [0.05, 0.1) is 6.20 Å². The quantitative estimate of drug-likeness (QED) is 0.779. The number of ether oxygens (including phenoxy) is 1. The molecule has 0 atom stereocenters. The third-order valence-electron chi connectivity index (χ3n) is 1.54. The first-order valence-electron chi connectivity index (χ1n) is 4.60. The molecular formula is C10H12ClN3O. The second kappa shape index (κ2) is 6.10. The Balaban J connectivity index is 2.72. The summed E-state index contributed by atoms with van der Waals surface area (Å²) in [5.74, 6) is 3.15. The predicted molar refractivity (Wildman–Crippen MR) is 60.2 cm³/mol. The van der Waals surface area contributed by atoms with Gasteiger partial charge in [-0.15, -0.1) is 6.42 Å². The lowest BCUT2D eigenvalue weighted by Crippen LogP contribution is -2.06. The second-order valence-electron chi connectivity index (χ2n) is 2.77. The molecule has 0 unspecified atom stereocenters. The summed E-state index contributed by atoms with van der Waals surface area (Å²) in [6.45, 7) is 3.00. The molecule has 1 aromatic heterocycles. The molecule has 0 fully saturated rings. The van der Waals surface area contributed by atoms with E-state index in [1.165, 1.54) is 6.20 Å². The maximum atomic E-state index is 5.82. The highest BCUT2D eigenvalue weighted by atomic mass is 35.5. The summed E-state index contributed by atoms with van der Waals surface area (Å²) >= 11 is 5.82. The maximum absolute atomic E-state index is 5.82. The van der Waals surface area contributed by atoms with Gasteiger partial charge in [-0.3, -0.25) is 0 Å². The number of nitrogens with zero attached hydrogens (tertiary/aromatic N) is 2. The highest BCUT2D eigenvalue weighted by molar-refractivity contribution is 6.31. The van der Waals surface area contributed by atoms with Gasteiger partial charge in [0.1, 0.15) is 5.02 Å². The Morgan fingerprint density at radius 1 is 1.67 bits per heavy atom. The van der Waals surface area contributed by atoms with Crippen molar-refractivity contribution in [1.29, 1.82) is 0 Å². The van der Waals surface area contributed by atoms with Gasteiger partial charge in [-0.05, 0) is 6.42 Å². The molecule has 1 N–H and O–H groups in total. The fourth-order valence-electron chi connectivity index (χ4n) is 0.885. The molecule has 5 heteroatoms. The number of rotatable bonds is 5. The van der Waals surface area contributed by atoms with Gasteiger partial charge >= 0.3 is 0 Å². The van der Waals surface area contributed by atoms with E-state index < -0.39 is 0 Å². The summed E-state index contributed by atoms with van der Waals surface area (Å²) in [7, 11) is 0. The molecule has 0 aliphatic heterocycles. The van der Waals surface area contributed by atoms with Gasteiger partial charge in [0.2, 0.25) is 11.8 Å². The minimum atomic E-state index is 0.143. The van der Waals surface area contributed by atoms with Crippen molar-refractivity contribution in [2.45, 2.75) is 13.3 Å². The zero-order valence-electron chi connectivity index (χ0n) is 8.46. The van der Waals surface area contributed by atoms with Gasteiger partial charge in [-0.2, -0.15) is 4.98 Å². The van der Waals surface area contributed by atoms with Crippen LogP contribution in [0.3, 0.4) is 0 Å². The molecule has 0 amide bonds. The number of hydrogen-bond donors (Lipinski definition) is 1. The number of hydrogen-bond acceptors (Lipinski definition) is 4. The van der Waals surface area contributed by atoms with E-state index in [1.54, 1.807) is 0 Å². The maximum Gasteiger partial charge on any atom is 0.238 e. The van der Waals surface area contributed by atoms with E-state index in [-0.39, 0.29) is 6.61 Å². The van der Waals surface area contributed by atoms with Crippen molar-refractivity contribution in [3.05, 3.63) is 11.2 Å². The summed E-state index contributed by atoms with van der Waals surface area (Å²) in [6.07, 6.45) is 7.54. The molecule has 15 heavy (non-hydrogen) atoms. The van der Waals surface area contributed by atoms with Gasteiger partial charge < -0.3 is 10.1 Å². The average molecular weight is 226 g/mol. The van der Waals surface area contributed by atoms with Gasteiger partial charge in [0.25, 0.3) is 0 Å². The van der Waals surface area contributed by atoms with E-state index in [0.717, 1.165) is 13.0 Å². The van der Waals surface area contributed by atoms with Crippen LogP contribution in [-0.4, -0.2) is 23.1 Å². The van der Waals surface area contributed by atoms with E-state index in [2.05, 4.69) is 28.1 Å². The highest BCUT2D eigenvalue weighted by Crippen LogP contribution is 2.21. The highest BCUT2D eigenvalue weighted by Gasteiger charge is 2.05. The molecule has 0 aromatic carbocycles. The summed E-state index contributed by atoms with van der Waals surface area (Å²) in [6, 6.07) is 0. The zero-order valence-corrected chi connectivity index (χ0v) is 9.21. The first kappa shape index (κ1) is 11.6. The molecule has 1 aromatic rings. The van der Waals surface area contributed by atoms with Crippen LogP contribution in [0.25, 0.3) is 0 Å². The van der Waals surface area contributed by atoms with Gasteiger partial charge in [0, 0.05) is 6.54 Å². The van der Waals surface area contributed by atoms with Crippen molar-refractivity contribution >= 4 is 17.5 Å². The normalized spacial score (nSPS) is 9.40. The van der Waals surface area contributed by atoms with Crippen LogP contribution in [-0.2, 0) is 0 Å². The van der Waals surface area contributed by atoms with Crippen LogP contribution in [0.2, 0.25) is 5.02 Å². The minimum Gasteiger partial charge on any atom is -0.463 e. The van der Waals surface area contributed by atoms with Crippen molar-refractivity contribution < 1.29 is 4.74 Å². The number of aromatic nitrogens is 2. The van der Waals surface area contributed by atoms with Crippen LogP contribution in [0.15, 0.2) is 6.20 Å². The van der Waals surface area contributed by atoms with Gasteiger partial charge in [-0.25, -0.2) is 4.98 Å². The van der Waals surface area contributed by atoms with Crippen molar-refractivity contribution in [2.24, 2.45) is 0 Å². The topological polar surface area (TPSA) is 47.0 Å². The Kier molecular flexibility index (Phi) is 4.72. The molecular weight excluding hydrogens is 214 g/mol. The Labute approximate surface area is 94.0 Å². The minimum absolute atomic E-state index is 0.143. The summed E-state index contributed by atoms with van der Waals surface area (Å²) in [5.41, 5.74) is 0. The van der Waals surface area contributed by atoms with Crippen molar-refractivity contribution in [3.63, 3.8) is 0 Å². The van der Waals surface area contributed by atoms with E-state index >= 15 is 0 Å². The molecule has 0 bridgehead atoms. The summed E-state index contributed by atoms with van der Waals surface area (Å²) in [5, 5.41) is 3.38. The monoisotopic (exact) mass is 225 g/mol. The second-order valence-corrected chi connectivity index (χ2v) is 3.17. The lowest BCUT2D eigenvalue weighted by atomic mass is 10.5. The van der Waals surface area contributed by atoms with Crippen molar-refractivity contribution in [3.8, 4) is 18.2 Å². The van der Waals surface area contributed by atoms with Crippen LogP contribution in [0.5, 0.6) is 5.88 Å². The Morgan fingerprint density at radius 3 is 3.13 bits per heavy atom. The van der Waals surface area contributed by atoms with Crippen LogP contribution in [0, 0.1) is 12.3 Å². The van der Waals surface area contributed by atoms with Crippen molar-refractivity contribution in [2.75, 3.05) is 18.5 Å². The van der Waals surface area contributed by atoms with E-state index in [9.17, 15) is 0 Å². The van der Waals surface area contributed by atoms with Crippen LogP contribution in [0.1, 0.15) is 13.3 Å². The molecule has 0 saturated carbocycles. The average Bonchev–Trinajstić information content (AvgIpc) is 2.26. The lowest BCUT2D eigenvalue weighted by molar-refractivity contribution is 0.355. The fourth-order valence-corrected chi connectivity index (χ4v) is 1.03. The standard InChI is InChI=1S/C10H12ClN3O/c1-3-5-12-10-13-7-8(11)9(14-10)15-6-4-2/h2,7H,3,5-6H2,1H3,(H,12,13,14). The summed E-state index contributed by atoms with van der Waals surface area (Å²) < 4.78 is 5.15. The molecule has 1 heterocycles. The molecule has 0 aliphatic carbocycles. The van der Waals surface area contributed by atoms with E-state index in [4.69, 9.17) is 22.8 Å². The van der Waals surface area contributed by atoms with Crippen LogP contribution in [0.4, 0.5) is 5.95 Å².